The van der Waals surface area contributed by atoms with Crippen molar-refractivity contribution in [2.24, 2.45) is 0 Å². The second-order valence-corrected chi connectivity index (χ2v) is 6.80. The largest absolute Gasteiger partial charge is 0.507 e. The van der Waals surface area contributed by atoms with Crippen LogP contribution in [0.5, 0.6) is 11.5 Å². The van der Waals surface area contributed by atoms with Crippen molar-refractivity contribution in [3.8, 4) is 11.5 Å². The maximum absolute atomic E-state index is 13.0. The summed E-state index contributed by atoms with van der Waals surface area (Å²) in [5, 5.41) is 21.4. The van der Waals surface area contributed by atoms with E-state index in [1.54, 1.807) is 66.7 Å². The van der Waals surface area contributed by atoms with Crippen LogP contribution in [0.2, 0.25) is 0 Å². The molecule has 4 rings (SSSR count). The van der Waals surface area contributed by atoms with Crippen molar-refractivity contribution >= 4 is 23.1 Å². The van der Waals surface area contributed by atoms with E-state index in [1.807, 2.05) is 6.07 Å². The van der Waals surface area contributed by atoms with Crippen molar-refractivity contribution < 1.29 is 24.5 Å². The maximum Gasteiger partial charge on any atom is 0.300 e. The van der Waals surface area contributed by atoms with Gasteiger partial charge in [-0.2, -0.15) is 0 Å². The molecule has 0 bridgehead atoms. The summed E-state index contributed by atoms with van der Waals surface area (Å²) < 4.78 is 5.20. The van der Waals surface area contributed by atoms with Crippen molar-refractivity contribution in [3.63, 3.8) is 0 Å². The molecule has 1 atom stereocenters. The quantitative estimate of drug-likeness (QED) is 0.392. The molecular weight excluding hydrogens is 382 g/mol. The van der Waals surface area contributed by atoms with Crippen LogP contribution < -0.4 is 9.64 Å². The van der Waals surface area contributed by atoms with Gasteiger partial charge in [-0.1, -0.05) is 54.6 Å². The number of carbonyl (C=O) groups is 2. The fraction of sp³-hybridized carbons (Fsp3) is 0.0833. The summed E-state index contributed by atoms with van der Waals surface area (Å²) in [6.07, 6.45) is 0. The Morgan fingerprint density at radius 3 is 2.33 bits per heavy atom. The van der Waals surface area contributed by atoms with Crippen LogP contribution in [0.15, 0.2) is 84.4 Å². The molecule has 1 saturated heterocycles. The van der Waals surface area contributed by atoms with Crippen LogP contribution in [0.25, 0.3) is 5.76 Å². The zero-order valence-corrected chi connectivity index (χ0v) is 16.1. The monoisotopic (exact) mass is 401 g/mol. The Hall–Kier alpha value is -4.06. The van der Waals surface area contributed by atoms with Gasteiger partial charge >= 0.3 is 0 Å². The molecule has 2 N–H and O–H groups in total. The minimum Gasteiger partial charge on any atom is -0.507 e. The van der Waals surface area contributed by atoms with Crippen molar-refractivity contribution in [1.29, 1.82) is 0 Å². The lowest BCUT2D eigenvalue weighted by Gasteiger charge is -2.26. The van der Waals surface area contributed by atoms with E-state index >= 15 is 0 Å². The van der Waals surface area contributed by atoms with E-state index in [-0.39, 0.29) is 22.8 Å². The van der Waals surface area contributed by atoms with Crippen LogP contribution in [0.1, 0.15) is 17.2 Å². The minimum atomic E-state index is -0.897. The lowest BCUT2D eigenvalue weighted by Crippen LogP contribution is -2.29. The number of nitrogens with zero attached hydrogens (tertiary/aromatic N) is 1. The van der Waals surface area contributed by atoms with E-state index < -0.39 is 17.7 Å². The average Bonchev–Trinajstić information content (AvgIpc) is 3.05. The lowest BCUT2D eigenvalue weighted by molar-refractivity contribution is -0.132. The van der Waals surface area contributed by atoms with E-state index in [0.717, 1.165) is 0 Å². The summed E-state index contributed by atoms with van der Waals surface area (Å²) in [4.78, 5) is 27.3. The Morgan fingerprint density at radius 1 is 0.933 bits per heavy atom. The number of anilines is 1. The number of ether oxygens (including phenoxy) is 1. The molecule has 0 aromatic heterocycles. The van der Waals surface area contributed by atoms with Crippen molar-refractivity contribution in [3.05, 3.63) is 95.6 Å². The number of aliphatic hydroxyl groups is 1. The first kappa shape index (κ1) is 19.3. The topological polar surface area (TPSA) is 87.1 Å². The SMILES string of the molecule is COc1cccc(/C(O)=C2\C(=O)C(=O)N(c3ccccc3O)C2c2ccccc2)c1. The predicted octanol–water partition coefficient (Wildman–Crippen LogP) is 4.03. The molecule has 1 aliphatic heterocycles. The third kappa shape index (κ3) is 3.18. The molecule has 1 aliphatic rings. The number of amides is 1. The molecule has 1 amide bonds. The molecule has 0 aliphatic carbocycles. The number of hydrogen-bond acceptors (Lipinski definition) is 5. The van der Waals surface area contributed by atoms with Gasteiger partial charge in [0.2, 0.25) is 0 Å². The summed E-state index contributed by atoms with van der Waals surface area (Å²) in [5.41, 5.74) is 1.12. The Labute approximate surface area is 173 Å². The number of benzene rings is 3. The van der Waals surface area contributed by atoms with Gasteiger partial charge in [0.25, 0.3) is 11.7 Å². The number of phenols is 1. The van der Waals surface area contributed by atoms with Gasteiger partial charge < -0.3 is 14.9 Å². The summed E-state index contributed by atoms with van der Waals surface area (Å²) in [5.74, 6) is -1.59. The highest BCUT2D eigenvalue weighted by atomic mass is 16.5. The van der Waals surface area contributed by atoms with Gasteiger partial charge in [-0.05, 0) is 29.8 Å². The highest BCUT2D eigenvalue weighted by Gasteiger charge is 2.47. The number of phenolic OH excluding ortho intramolecular Hbond substituents is 1. The van der Waals surface area contributed by atoms with Crippen LogP contribution in [-0.4, -0.2) is 29.0 Å². The molecule has 3 aromatic carbocycles. The summed E-state index contributed by atoms with van der Waals surface area (Å²) in [6, 6.07) is 20.9. The van der Waals surface area contributed by atoms with Gasteiger partial charge in [-0.15, -0.1) is 0 Å². The van der Waals surface area contributed by atoms with Gasteiger partial charge in [0.1, 0.15) is 17.3 Å². The van der Waals surface area contributed by atoms with Crippen LogP contribution >= 0.6 is 0 Å². The summed E-state index contributed by atoms with van der Waals surface area (Å²) in [6.45, 7) is 0. The first-order chi connectivity index (χ1) is 14.5. The molecule has 1 fully saturated rings. The smallest absolute Gasteiger partial charge is 0.300 e. The second-order valence-electron chi connectivity index (χ2n) is 6.80. The van der Waals surface area contributed by atoms with Gasteiger partial charge in [-0.3, -0.25) is 14.5 Å². The predicted molar refractivity (Wildman–Crippen MR) is 112 cm³/mol. The number of para-hydroxylation sites is 2. The number of aromatic hydroxyl groups is 1. The van der Waals surface area contributed by atoms with Crippen LogP contribution in [0.3, 0.4) is 0 Å². The third-order valence-corrected chi connectivity index (χ3v) is 5.04. The summed E-state index contributed by atoms with van der Waals surface area (Å²) in [7, 11) is 1.50. The van der Waals surface area contributed by atoms with E-state index in [4.69, 9.17) is 4.74 Å². The van der Waals surface area contributed by atoms with Gasteiger partial charge in [0, 0.05) is 5.56 Å². The lowest BCUT2D eigenvalue weighted by atomic mass is 9.95. The fourth-order valence-corrected chi connectivity index (χ4v) is 3.63. The molecule has 150 valence electrons. The zero-order valence-electron chi connectivity index (χ0n) is 16.1. The van der Waals surface area contributed by atoms with Crippen molar-refractivity contribution in [1.82, 2.24) is 0 Å². The standard InChI is InChI=1S/C24H19NO5/c1-30-17-11-7-10-16(14-17)22(27)20-21(15-8-3-2-4-9-15)25(24(29)23(20)28)18-12-5-6-13-19(18)26/h2-14,21,26-27H,1H3/b22-20+. The Balaban J connectivity index is 1.96. The normalized spacial score (nSPS) is 17.9. The Kier molecular flexibility index (Phi) is 4.98. The Morgan fingerprint density at radius 2 is 1.63 bits per heavy atom. The average molecular weight is 401 g/mol. The molecule has 30 heavy (non-hydrogen) atoms. The molecule has 1 unspecified atom stereocenters. The van der Waals surface area contributed by atoms with E-state index in [1.165, 1.54) is 18.1 Å². The van der Waals surface area contributed by atoms with E-state index in [0.29, 0.717) is 16.9 Å². The highest BCUT2D eigenvalue weighted by Crippen LogP contribution is 2.44. The fourth-order valence-electron chi connectivity index (χ4n) is 3.63. The summed E-state index contributed by atoms with van der Waals surface area (Å²) >= 11 is 0. The molecule has 0 spiro atoms. The van der Waals surface area contributed by atoms with E-state index in [9.17, 15) is 19.8 Å². The molecule has 3 aromatic rings. The maximum atomic E-state index is 13.0. The molecule has 6 nitrogen and oxygen atoms in total. The van der Waals surface area contributed by atoms with Gasteiger partial charge in [-0.25, -0.2) is 0 Å². The van der Waals surface area contributed by atoms with Gasteiger partial charge in [0.15, 0.2) is 0 Å². The number of ketones is 1. The molecular formula is C24H19NO5. The van der Waals surface area contributed by atoms with Crippen LogP contribution in [0.4, 0.5) is 5.69 Å². The third-order valence-electron chi connectivity index (χ3n) is 5.04. The molecule has 1 heterocycles. The number of aliphatic hydroxyl groups excluding tert-OH is 1. The molecule has 0 radical (unpaired) electrons. The number of methoxy groups -OCH3 is 1. The Bertz CT molecular complexity index is 1150. The first-order valence-corrected chi connectivity index (χ1v) is 9.31. The number of hydrogen-bond donors (Lipinski definition) is 2. The van der Waals surface area contributed by atoms with Crippen LogP contribution in [0, 0.1) is 0 Å². The van der Waals surface area contributed by atoms with E-state index in [2.05, 4.69) is 0 Å². The van der Waals surface area contributed by atoms with Crippen molar-refractivity contribution in [2.75, 3.05) is 12.0 Å². The number of rotatable bonds is 4. The van der Waals surface area contributed by atoms with Gasteiger partial charge in [0.05, 0.1) is 24.4 Å². The van der Waals surface area contributed by atoms with Crippen molar-refractivity contribution in [2.45, 2.75) is 6.04 Å². The zero-order chi connectivity index (χ0) is 21.3. The molecule has 6 heteroatoms. The number of Topliss-reactive ketones (excluding diaryl/α,β-unsaturated/α-hetero) is 1. The molecule has 0 saturated carbocycles. The second kappa shape index (κ2) is 7.75. The first-order valence-electron chi connectivity index (χ1n) is 9.31. The minimum absolute atomic E-state index is 0.0530. The number of carbonyl (C=O) groups excluding carboxylic acids is 2. The highest BCUT2D eigenvalue weighted by molar-refractivity contribution is 6.51. The van der Waals surface area contributed by atoms with Crippen LogP contribution in [-0.2, 0) is 9.59 Å².